The zero-order chi connectivity index (χ0) is 42.1. The Morgan fingerprint density at radius 3 is 1.95 bits per heavy atom. The van der Waals surface area contributed by atoms with E-state index < -0.39 is 12.1 Å². The number of methoxy groups -OCH3 is 2. The van der Waals surface area contributed by atoms with E-state index >= 15 is 0 Å². The molecule has 2 aliphatic rings. The van der Waals surface area contributed by atoms with Crippen molar-refractivity contribution in [3.05, 3.63) is 107 Å². The highest BCUT2D eigenvalue weighted by Gasteiger charge is 2.32. The molecule has 2 atom stereocenters. The first-order valence-corrected chi connectivity index (χ1v) is 18.8. The molecular formula is C41H58N12O4. The smallest absolute Gasteiger partial charge is 0.335 e. The Morgan fingerprint density at radius 2 is 1.44 bits per heavy atom. The zero-order valence-electron chi connectivity index (χ0n) is 34.0. The van der Waals surface area contributed by atoms with Gasteiger partial charge in [-0.15, -0.1) is 0 Å². The fraction of sp³-hybridized carbons (Fsp3) is 0.366. The molecule has 10 N–H and O–H groups in total. The van der Waals surface area contributed by atoms with Gasteiger partial charge in [0.05, 0.1) is 25.3 Å². The van der Waals surface area contributed by atoms with Crippen molar-refractivity contribution in [2.75, 3.05) is 69.2 Å². The number of benzene rings is 2. The maximum atomic E-state index is 12.5. The van der Waals surface area contributed by atoms with Crippen LogP contribution in [-0.2, 0) is 9.47 Å². The average Bonchev–Trinajstić information content (AvgIpc) is 3.84. The van der Waals surface area contributed by atoms with Gasteiger partial charge in [0, 0.05) is 61.6 Å². The fourth-order valence-electron chi connectivity index (χ4n) is 6.26. The molecule has 0 spiro atoms. The monoisotopic (exact) mass is 782 g/mol. The average molecular weight is 783 g/mol. The zero-order valence-corrected chi connectivity index (χ0v) is 34.0. The highest BCUT2D eigenvalue weighted by molar-refractivity contribution is 5.98. The number of rotatable bonds is 7. The van der Waals surface area contributed by atoms with Crippen molar-refractivity contribution in [1.29, 1.82) is 10.8 Å². The molecule has 16 nitrogen and oxygen atoms in total. The first-order valence-electron chi connectivity index (χ1n) is 18.8. The number of aryl methyl sites for hydroxylation is 2. The number of nitrogen functional groups attached to an aromatic ring is 2. The summed E-state index contributed by atoms with van der Waals surface area (Å²) < 4.78 is 9.69. The van der Waals surface area contributed by atoms with Crippen LogP contribution in [0.4, 0.5) is 32.6 Å². The van der Waals surface area contributed by atoms with Crippen molar-refractivity contribution in [2.45, 2.75) is 52.5 Å². The van der Waals surface area contributed by atoms with E-state index in [2.05, 4.69) is 82.8 Å². The maximum Gasteiger partial charge on any atom is 0.335 e. The van der Waals surface area contributed by atoms with Crippen molar-refractivity contribution in [1.82, 2.24) is 25.2 Å². The lowest BCUT2D eigenvalue weighted by Crippen LogP contribution is -2.50. The van der Waals surface area contributed by atoms with Gasteiger partial charge in [0.2, 0.25) is 11.8 Å². The van der Waals surface area contributed by atoms with Crippen LogP contribution in [0, 0.1) is 24.7 Å². The molecule has 0 aliphatic carbocycles. The number of nitrogens with one attached hydrogen (secondary N) is 4. The highest BCUT2D eigenvalue weighted by atomic mass is 16.5. The molecule has 0 bridgehead atoms. The number of urea groups is 2. The van der Waals surface area contributed by atoms with Crippen LogP contribution in [0.25, 0.3) is 0 Å². The molecule has 0 radical (unpaired) electrons. The fourth-order valence-corrected chi connectivity index (χ4v) is 6.26. The van der Waals surface area contributed by atoms with Gasteiger partial charge in [-0.25, -0.2) is 29.6 Å². The normalized spacial score (nSPS) is 15.9. The molecule has 2 unspecified atom stereocenters. The van der Waals surface area contributed by atoms with E-state index in [1.165, 1.54) is 74.4 Å². The van der Waals surface area contributed by atoms with Gasteiger partial charge in [0.15, 0.2) is 5.82 Å². The molecule has 6 rings (SSSR count). The van der Waals surface area contributed by atoms with Crippen molar-refractivity contribution < 1.29 is 19.1 Å². The number of carbonyl (C=O) groups is 2. The number of ether oxygens (including phenoxy) is 2. The first-order chi connectivity index (χ1) is 27.3. The van der Waals surface area contributed by atoms with Gasteiger partial charge < -0.3 is 36.9 Å². The Hall–Kier alpha value is -6.26. The molecule has 2 saturated heterocycles. The van der Waals surface area contributed by atoms with E-state index in [0.29, 0.717) is 18.5 Å². The summed E-state index contributed by atoms with van der Waals surface area (Å²) in [7, 11) is 4.89. The van der Waals surface area contributed by atoms with Crippen molar-refractivity contribution in [2.24, 2.45) is 5.73 Å². The number of pyridine rings is 2. The standard InChI is InChI=1S/C20H27N11O4.C12H17N.C7H8.C2H6/c1-34-17(23)11-7-26-15(5-13(11)21)29-20(33)28-10-3-4-30(9-10)31(19(25)32)16-6-14(22)12(8-27-16)18(24)35-2;1-10-5-3-4-6-12(10)11-7-8-13(2)9-11;1-7-5-3-2-4-6-7;1-2/h5-8,10,23-24H,3-4,9H2,1-2H3,(H2,22,27)(H2,25,32)(H4,21,26,28,29,33);3-6,11H,7-9H2,1-2H3;2-6H,1H3;1-2H3. The first kappa shape index (κ1) is 45.1. The molecule has 57 heavy (non-hydrogen) atoms. The number of nitrogens with two attached hydrogens (primary N) is 3. The Kier molecular flexibility index (Phi) is 17.7. The van der Waals surface area contributed by atoms with E-state index in [0.717, 1.165) is 5.92 Å². The van der Waals surface area contributed by atoms with Gasteiger partial charge in [-0.1, -0.05) is 74.0 Å². The number of anilines is 4. The number of hydrogen-bond acceptors (Lipinski definition) is 12. The summed E-state index contributed by atoms with van der Waals surface area (Å²) in [5, 5.41) is 23.6. The lowest BCUT2D eigenvalue weighted by molar-refractivity contribution is 0.228. The molecule has 2 aliphatic heterocycles. The minimum atomic E-state index is -0.780. The summed E-state index contributed by atoms with van der Waals surface area (Å²) in [6, 6.07) is 20.3. The van der Waals surface area contributed by atoms with Crippen LogP contribution < -0.4 is 32.8 Å². The summed E-state index contributed by atoms with van der Waals surface area (Å²) >= 11 is 0. The third-order valence-electron chi connectivity index (χ3n) is 9.17. The van der Waals surface area contributed by atoms with Gasteiger partial charge in [-0.05, 0) is 57.3 Å². The second-order valence-corrected chi connectivity index (χ2v) is 13.3. The van der Waals surface area contributed by atoms with Crippen LogP contribution in [0.2, 0.25) is 0 Å². The summed E-state index contributed by atoms with van der Waals surface area (Å²) in [5.74, 6) is 0.841. The van der Waals surface area contributed by atoms with E-state index in [-0.39, 0.29) is 53.0 Å². The number of nitrogens with zero attached hydrogens (tertiary/aromatic N) is 5. The van der Waals surface area contributed by atoms with Crippen LogP contribution in [0.1, 0.15) is 60.4 Å². The second-order valence-electron chi connectivity index (χ2n) is 13.3. The molecular weight excluding hydrogens is 725 g/mol. The molecule has 0 saturated carbocycles. The predicted octanol–water partition coefficient (Wildman–Crippen LogP) is 5.72. The lowest BCUT2D eigenvalue weighted by atomic mass is 9.94. The van der Waals surface area contributed by atoms with E-state index in [9.17, 15) is 9.59 Å². The maximum absolute atomic E-state index is 12.5. The summed E-state index contributed by atoms with van der Waals surface area (Å²) in [4.78, 5) is 35.3. The van der Waals surface area contributed by atoms with Crippen molar-refractivity contribution in [3.63, 3.8) is 0 Å². The Morgan fingerprint density at radius 1 is 0.842 bits per heavy atom. The van der Waals surface area contributed by atoms with Crippen molar-refractivity contribution >= 4 is 46.9 Å². The third kappa shape index (κ3) is 13.2. The number of amides is 4. The number of aromatic nitrogens is 2. The summed E-state index contributed by atoms with van der Waals surface area (Å²) in [6.45, 7) is 11.5. The molecule has 2 aromatic heterocycles. The lowest BCUT2D eigenvalue weighted by Gasteiger charge is -2.29. The van der Waals surface area contributed by atoms with E-state index in [4.69, 9.17) is 37.5 Å². The number of hydrogen-bond donors (Lipinski definition) is 7. The largest absolute Gasteiger partial charge is 0.481 e. The second kappa shape index (κ2) is 22.3. The predicted molar refractivity (Wildman–Crippen MR) is 228 cm³/mol. The highest BCUT2D eigenvalue weighted by Crippen LogP contribution is 2.28. The summed E-state index contributed by atoms with van der Waals surface area (Å²) in [6.07, 6.45) is 4.50. The number of carbonyl (C=O) groups excluding carboxylic acids is 2. The van der Waals surface area contributed by atoms with Crippen LogP contribution in [-0.4, -0.2) is 97.2 Å². The Labute approximate surface area is 335 Å². The Bertz CT molecular complexity index is 1940. The van der Waals surface area contributed by atoms with Crippen LogP contribution >= 0.6 is 0 Å². The van der Waals surface area contributed by atoms with Crippen LogP contribution in [0.5, 0.6) is 0 Å². The van der Waals surface area contributed by atoms with Crippen molar-refractivity contribution in [3.8, 4) is 0 Å². The number of hydrazine groups is 1. The Balaban J connectivity index is 0.000000318. The van der Waals surface area contributed by atoms with Gasteiger partial charge in [0.1, 0.15) is 5.82 Å². The molecule has 2 fully saturated rings. The molecule has 4 heterocycles. The van der Waals surface area contributed by atoms with Crippen LogP contribution in [0.15, 0.2) is 79.1 Å². The number of primary amides is 1. The third-order valence-corrected chi connectivity index (χ3v) is 9.17. The quantitative estimate of drug-likeness (QED) is 0.0890. The minimum Gasteiger partial charge on any atom is -0.481 e. The van der Waals surface area contributed by atoms with E-state index in [1.54, 1.807) is 10.6 Å². The van der Waals surface area contributed by atoms with Gasteiger partial charge >= 0.3 is 12.1 Å². The molecule has 4 aromatic rings. The minimum absolute atomic E-state index is 0.140. The van der Waals surface area contributed by atoms with Crippen LogP contribution in [0.3, 0.4) is 0 Å². The molecule has 306 valence electrons. The topological polar surface area (TPSA) is 238 Å². The summed E-state index contributed by atoms with van der Waals surface area (Å²) in [5.41, 5.74) is 22.8. The molecule has 16 heteroatoms. The molecule has 2 aromatic carbocycles. The SMILES string of the molecule is CC.COC(=N)c1cnc(NC(=O)NC2CCN(N(C(N)=O)c3cc(N)c(C(=N)OC)cn3)C2)cc1N.Cc1ccccc1.Cc1ccccc1C1CCN(C)C1. The van der Waals surface area contributed by atoms with Gasteiger partial charge in [-0.3, -0.25) is 16.1 Å². The van der Waals surface area contributed by atoms with E-state index in [1.807, 2.05) is 32.0 Å². The number of likely N-dealkylation sites (N-methyl/N-ethyl adjacent to an activating group) is 1. The van der Waals surface area contributed by atoms with Gasteiger partial charge in [-0.2, -0.15) is 0 Å². The molecule has 4 amide bonds. The van der Waals surface area contributed by atoms with Gasteiger partial charge in [0.25, 0.3) is 0 Å². The number of likely N-dealkylation sites (tertiary alicyclic amines) is 1.